The Hall–Kier alpha value is -1.51. The largest absolute Gasteiger partial charge is 0.416 e. The zero-order valence-electron chi connectivity index (χ0n) is 18.3. The Morgan fingerprint density at radius 2 is 1.91 bits per heavy atom. The first-order chi connectivity index (χ1) is 15.0. The van der Waals surface area contributed by atoms with Crippen molar-refractivity contribution >= 4 is 29.9 Å². The maximum Gasteiger partial charge on any atom is 0.416 e. The van der Waals surface area contributed by atoms with E-state index in [0.717, 1.165) is 63.5 Å². The number of alkyl halides is 3. The molecule has 0 saturated carbocycles. The molecule has 2 fully saturated rings. The van der Waals surface area contributed by atoms with Gasteiger partial charge in [0.1, 0.15) is 0 Å². The summed E-state index contributed by atoms with van der Waals surface area (Å²) in [6, 6.07) is 4.85. The van der Waals surface area contributed by atoms with Crippen LogP contribution in [0.3, 0.4) is 0 Å². The Balaban J connectivity index is 0.00000363. The highest BCUT2D eigenvalue weighted by Gasteiger charge is 2.29. The molecule has 0 aliphatic carbocycles. The van der Waals surface area contributed by atoms with E-state index >= 15 is 0 Å². The van der Waals surface area contributed by atoms with Crippen molar-refractivity contribution in [2.24, 2.45) is 4.99 Å². The molecule has 2 aliphatic rings. The van der Waals surface area contributed by atoms with Crippen LogP contribution in [0.1, 0.15) is 43.2 Å². The van der Waals surface area contributed by atoms with E-state index in [0.29, 0.717) is 18.7 Å². The summed E-state index contributed by atoms with van der Waals surface area (Å²) in [6.45, 7) is 3.58. The molecular weight excluding hydrogens is 534 g/mol. The van der Waals surface area contributed by atoms with E-state index in [1.807, 2.05) is 0 Å². The van der Waals surface area contributed by atoms with E-state index < -0.39 is 11.7 Å². The average Bonchev–Trinajstić information content (AvgIpc) is 2.79. The summed E-state index contributed by atoms with van der Waals surface area (Å²) in [4.78, 5) is 6.49. The van der Waals surface area contributed by atoms with Crippen molar-refractivity contribution in [3.63, 3.8) is 0 Å². The quantitative estimate of drug-likeness (QED) is 0.256. The molecular formula is C23H31F3IN3O2. The molecule has 1 unspecified atom stereocenters. The second-order valence-corrected chi connectivity index (χ2v) is 7.79. The van der Waals surface area contributed by atoms with E-state index in [9.17, 15) is 13.2 Å². The number of benzene rings is 1. The van der Waals surface area contributed by atoms with Crippen LogP contribution in [-0.4, -0.2) is 63.0 Å². The predicted octanol–water partition coefficient (Wildman–Crippen LogP) is 4.30. The fourth-order valence-corrected chi connectivity index (χ4v) is 3.76. The van der Waals surface area contributed by atoms with Gasteiger partial charge in [-0.2, -0.15) is 13.2 Å². The van der Waals surface area contributed by atoms with Gasteiger partial charge < -0.3 is 19.7 Å². The number of rotatable bonds is 4. The maximum absolute atomic E-state index is 12.6. The number of halogens is 4. The Bertz CT molecular complexity index is 776. The molecule has 0 aromatic heterocycles. The van der Waals surface area contributed by atoms with Gasteiger partial charge in [0.25, 0.3) is 0 Å². The number of hydrogen-bond acceptors (Lipinski definition) is 3. The Morgan fingerprint density at radius 1 is 1.19 bits per heavy atom. The van der Waals surface area contributed by atoms with Crippen molar-refractivity contribution in [1.82, 2.24) is 10.2 Å². The number of hydrogen-bond donors (Lipinski definition) is 1. The molecule has 0 amide bonds. The highest BCUT2D eigenvalue weighted by Crippen LogP contribution is 2.28. The molecule has 1 aromatic rings. The van der Waals surface area contributed by atoms with Crippen molar-refractivity contribution in [1.29, 1.82) is 0 Å². The summed E-state index contributed by atoms with van der Waals surface area (Å²) < 4.78 is 49.6. The third-order valence-corrected chi connectivity index (χ3v) is 5.52. The van der Waals surface area contributed by atoms with Crippen LogP contribution in [0, 0.1) is 11.8 Å². The second-order valence-electron chi connectivity index (χ2n) is 7.79. The van der Waals surface area contributed by atoms with Gasteiger partial charge in [-0.3, -0.25) is 4.99 Å². The number of ether oxygens (including phenoxy) is 2. The highest BCUT2D eigenvalue weighted by molar-refractivity contribution is 14.0. The van der Waals surface area contributed by atoms with Gasteiger partial charge in [-0.1, -0.05) is 11.8 Å². The molecule has 0 radical (unpaired) electrons. The smallest absolute Gasteiger partial charge is 0.376 e. The number of guanidine groups is 1. The summed E-state index contributed by atoms with van der Waals surface area (Å²) in [5.74, 6) is 6.59. The molecule has 178 valence electrons. The molecule has 0 spiro atoms. The Labute approximate surface area is 205 Å². The number of likely N-dealkylation sites (tertiary alicyclic amines) is 1. The van der Waals surface area contributed by atoms with Crippen LogP contribution < -0.4 is 5.32 Å². The molecule has 32 heavy (non-hydrogen) atoms. The third kappa shape index (κ3) is 8.45. The average molecular weight is 565 g/mol. The number of aliphatic imine (C=N–C) groups is 1. The fraction of sp³-hybridized carbons (Fsp3) is 0.609. The van der Waals surface area contributed by atoms with Crippen LogP contribution in [0.25, 0.3) is 0 Å². The summed E-state index contributed by atoms with van der Waals surface area (Å²) in [5, 5.41) is 3.21. The van der Waals surface area contributed by atoms with Crippen LogP contribution in [-0.2, 0) is 15.7 Å². The normalized spacial score (nSPS) is 20.2. The second kappa shape index (κ2) is 13.3. The molecule has 0 bridgehead atoms. The number of nitrogens with one attached hydrogen (secondary N) is 1. The fourth-order valence-electron chi connectivity index (χ4n) is 3.76. The van der Waals surface area contributed by atoms with Crippen molar-refractivity contribution in [3.8, 4) is 11.8 Å². The van der Waals surface area contributed by atoms with Crippen LogP contribution in [0.2, 0.25) is 0 Å². The predicted molar refractivity (Wildman–Crippen MR) is 129 cm³/mol. The first-order valence-corrected chi connectivity index (χ1v) is 10.8. The van der Waals surface area contributed by atoms with Crippen LogP contribution in [0.15, 0.2) is 29.3 Å². The van der Waals surface area contributed by atoms with Crippen LogP contribution in [0.4, 0.5) is 13.2 Å². The molecule has 1 atom stereocenters. The van der Waals surface area contributed by atoms with Gasteiger partial charge in [0.05, 0.1) is 30.9 Å². The first kappa shape index (κ1) is 26.7. The Kier molecular flexibility index (Phi) is 11.1. The van der Waals surface area contributed by atoms with Crippen molar-refractivity contribution in [2.45, 2.75) is 50.5 Å². The number of piperidine rings is 1. The zero-order valence-corrected chi connectivity index (χ0v) is 20.6. The topological polar surface area (TPSA) is 46.1 Å². The molecule has 1 N–H and O–H groups in total. The van der Waals surface area contributed by atoms with Gasteiger partial charge in [0.15, 0.2) is 5.96 Å². The van der Waals surface area contributed by atoms with Gasteiger partial charge in [-0.15, -0.1) is 24.0 Å². The van der Waals surface area contributed by atoms with Crippen LogP contribution >= 0.6 is 24.0 Å². The minimum absolute atomic E-state index is 0. The lowest BCUT2D eigenvalue weighted by Crippen LogP contribution is -2.47. The summed E-state index contributed by atoms with van der Waals surface area (Å²) >= 11 is 0. The molecule has 1 aromatic carbocycles. The number of nitrogens with zero attached hydrogens (tertiary/aromatic N) is 2. The minimum Gasteiger partial charge on any atom is -0.376 e. The van der Waals surface area contributed by atoms with Crippen molar-refractivity contribution in [3.05, 3.63) is 35.4 Å². The first-order valence-electron chi connectivity index (χ1n) is 10.8. The third-order valence-electron chi connectivity index (χ3n) is 5.52. The molecule has 2 saturated heterocycles. The molecule has 9 heteroatoms. The van der Waals surface area contributed by atoms with E-state index in [-0.39, 0.29) is 36.2 Å². The Morgan fingerprint density at radius 3 is 2.50 bits per heavy atom. The van der Waals surface area contributed by atoms with E-state index in [4.69, 9.17) is 9.47 Å². The van der Waals surface area contributed by atoms with Crippen LogP contribution in [0.5, 0.6) is 0 Å². The minimum atomic E-state index is -4.33. The SMILES string of the molecule is CN=C(NCC#Cc1ccc(C(F)(F)F)cc1)N1CCC(OCC2CCCCO2)CC1.I. The van der Waals surface area contributed by atoms with Gasteiger partial charge in [-0.05, 0) is 56.4 Å². The van der Waals surface area contributed by atoms with Crippen molar-refractivity contribution < 1.29 is 22.6 Å². The van der Waals surface area contributed by atoms with Crippen molar-refractivity contribution in [2.75, 3.05) is 39.9 Å². The van der Waals surface area contributed by atoms with Gasteiger partial charge in [-0.25, -0.2) is 0 Å². The molecule has 5 nitrogen and oxygen atoms in total. The molecule has 2 aliphatic heterocycles. The van der Waals surface area contributed by atoms with Gasteiger partial charge >= 0.3 is 6.18 Å². The molecule has 2 heterocycles. The summed E-state index contributed by atoms with van der Waals surface area (Å²) in [5.41, 5.74) is -0.125. The standard InChI is InChI=1S/C23H30F3N3O2.HI/c1-27-22(28-13-4-5-18-7-9-19(10-8-18)23(24,25)26)29-14-11-20(12-15-29)31-17-21-6-2-3-16-30-21;/h7-10,20-21H,2-3,6,11-17H2,1H3,(H,27,28);1H. The lowest BCUT2D eigenvalue weighted by atomic mass is 10.1. The summed E-state index contributed by atoms with van der Waals surface area (Å²) in [7, 11) is 1.73. The zero-order chi connectivity index (χ0) is 22.1. The lowest BCUT2D eigenvalue weighted by molar-refractivity contribution is -0.137. The maximum atomic E-state index is 12.6. The van der Waals surface area contributed by atoms with E-state index in [2.05, 4.69) is 27.0 Å². The van der Waals surface area contributed by atoms with E-state index in [1.165, 1.54) is 18.6 Å². The molecule has 3 rings (SSSR count). The van der Waals surface area contributed by atoms with E-state index in [1.54, 1.807) is 7.05 Å². The lowest BCUT2D eigenvalue weighted by Gasteiger charge is -2.34. The monoisotopic (exact) mass is 565 g/mol. The highest BCUT2D eigenvalue weighted by atomic mass is 127. The summed E-state index contributed by atoms with van der Waals surface area (Å²) in [6.07, 6.45) is 1.48. The van der Waals surface area contributed by atoms with Gasteiger partial charge in [0.2, 0.25) is 0 Å². The van der Waals surface area contributed by atoms with Gasteiger partial charge in [0, 0.05) is 32.3 Å².